The molecule has 1 unspecified atom stereocenters. The Morgan fingerprint density at radius 1 is 0.917 bits per heavy atom. The van der Waals surface area contributed by atoms with Crippen molar-refractivity contribution in [2.45, 2.75) is 45.9 Å². The van der Waals surface area contributed by atoms with Crippen molar-refractivity contribution >= 4 is 6.09 Å². The molecule has 0 saturated heterocycles. The Balaban J connectivity index is 1.31. The molecule has 0 radical (unpaired) electrons. The summed E-state index contributed by atoms with van der Waals surface area (Å²) in [6.45, 7) is 7.65. The summed E-state index contributed by atoms with van der Waals surface area (Å²) < 4.78 is 22.3. The van der Waals surface area contributed by atoms with E-state index in [4.69, 9.17) is 18.7 Å². The second-order valence-electron chi connectivity index (χ2n) is 9.20. The van der Waals surface area contributed by atoms with Crippen molar-refractivity contribution in [1.82, 2.24) is 15.5 Å². The van der Waals surface area contributed by atoms with Gasteiger partial charge < -0.3 is 24.1 Å². The summed E-state index contributed by atoms with van der Waals surface area (Å²) in [4.78, 5) is 16.4. The van der Waals surface area contributed by atoms with Crippen molar-refractivity contribution in [1.29, 1.82) is 0 Å². The minimum atomic E-state index is -0.591. The van der Waals surface area contributed by atoms with E-state index in [-0.39, 0.29) is 5.89 Å². The first-order valence-electron chi connectivity index (χ1n) is 11.6. The second-order valence-corrected chi connectivity index (χ2v) is 9.20. The topological polar surface area (TPSA) is 95.7 Å². The number of rotatable bonds is 8. The van der Waals surface area contributed by atoms with Crippen LogP contribution in [0.4, 0.5) is 4.79 Å². The average Bonchev–Trinajstić information content (AvgIpc) is 3.34. The fourth-order valence-corrected chi connectivity index (χ4v) is 3.23. The van der Waals surface area contributed by atoms with Crippen molar-refractivity contribution < 1.29 is 23.5 Å². The lowest BCUT2D eigenvalue weighted by atomic mass is 10.2. The Morgan fingerprint density at radius 3 is 2.17 bits per heavy atom. The maximum Gasteiger partial charge on any atom is 0.408 e. The van der Waals surface area contributed by atoms with E-state index in [0.29, 0.717) is 23.9 Å². The molecule has 0 aliphatic heterocycles. The predicted octanol–water partition coefficient (Wildman–Crippen LogP) is 6.69. The highest BCUT2D eigenvalue weighted by atomic mass is 16.6. The van der Waals surface area contributed by atoms with E-state index in [2.05, 4.69) is 15.5 Å². The second kappa shape index (κ2) is 10.9. The molecule has 186 valence electrons. The van der Waals surface area contributed by atoms with Crippen LogP contribution in [-0.4, -0.2) is 21.8 Å². The number of benzene rings is 3. The van der Waals surface area contributed by atoms with Crippen LogP contribution in [0.5, 0.6) is 17.2 Å². The Morgan fingerprint density at radius 2 is 1.53 bits per heavy atom. The summed E-state index contributed by atoms with van der Waals surface area (Å²) in [5.41, 5.74) is 1.28. The first-order valence-corrected chi connectivity index (χ1v) is 11.6. The number of amides is 1. The SMILES string of the molecule is CC(NC(=O)OC(C)(C)C)c1nc(-c2ccc(Oc3ccc(OCc4ccccc4)cc3)cc2)no1. The van der Waals surface area contributed by atoms with Crippen LogP contribution in [0.3, 0.4) is 0 Å². The van der Waals surface area contributed by atoms with Crippen LogP contribution in [0.2, 0.25) is 0 Å². The Kier molecular flexibility index (Phi) is 7.53. The quantitative estimate of drug-likeness (QED) is 0.296. The van der Waals surface area contributed by atoms with Crippen molar-refractivity contribution in [3.8, 4) is 28.6 Å². The van der Waals surface area contributed by atoms with E-state index in [9.17, 15) is 4.79 Å². The standard InChI is InChI=1S/C28H29N3O5/c1-19(29-27(32)35-28(2,3)4)26-30-25(31-36-26)21-10-12-23(13-11-21)34-24-16-14-22(15-17-24)33-18-20-8-6-5-7-9-20/h5-17,19H,18H2,1-4H3,(H,29,32). The lowest BCUT2D eigenvalue weighted by Gasteiger charge is -2.20. The largest absolute Gasteiger partial charge is 0.489 e. The van der Waals surface area contributed by atoms with Gasteiger partial charge in [0.05, 0.1) is 0 Å². The van der Waals surface area contributed by atoms with Gasteiger partial charge in [0.15, 0.2) is 0 Å². The van der Waals surface area contributed by atoms with Gasteiger partial charge in [0, 0.05) is 5.56 Å². The van der Waals surface area contributed by atoms with Gasteiger partial charge in [-0.2, -0.15) is 4.98 Å². The number of carbonyl (C=O) groups excluding carboxylic acids is 1. The van der Waals surface area contributed by atoms with Crippen molar-refractivity contribution in [3.05, 3.63) is 90.3 Å². The fraction of sp³-hybridized carbons (Fsp3) is 0.250. The molecule has 0 fully saturated rings. The summed E-state index contributed by atoms with van der Waals surface area (Å²) in [7, 11) is 0. The van der Waals surface area contributed by atoms with E-state index in [1.807, 2.05) is 78.9 Å². The van der Waals surface area contributed by atoms with Gasteiger partial charge in [-0.15, -0.1) is 0 Å². The number of ether oxygens (including phenoxy) is 3. The molecule has 1 amide bonds. The minimum Gasteiger partial charge on any atom is -0.489 e. The molecule has 0 spiro atoms. The molecule has 0 saturated carbocycles. The van der Waals surface area contributed by atoms with Gasteiger partial charge >= 0.3 is 6.09 Å². The first-order chi connectivity index (χ1) is 17.2. The van der Waals surface area contributed by atoms with Crippen LogP contribution in [-0.2, 0) is 11.3 Å². The molecule has 1 heterocycles. The Bertz CT molecular complexity index is 1260. The molecule has 4 aromatic rings. The molecule has 1 N–H and O–H groups in total. The molecule has 1 atom stereocenters. The van der Waals surface area contributed by atoms with E-state index < -0.39 is 17.7 Å². The number of nitrogens with one attached hydrogen (secondary N) is 1. The summed E-state index contributed by atoms with van der Waals surface area (Å²) in [5, 5.41) is 6.71. The summed E-state index contributed by atoms with van der Waals surface area (Å²) in [6, 6.07) is 24.3. The molecule has 36 heavy (non-hydrogen) atoms. The van der Waals surface area contributed by atoms with Gasteiger partial charge in [0.1, 0.15) is 35.5 Å². The zero-order valence-electron chi connectivity index (χ0n) is 20.7. The lowest BCUT2D eigenvalue weighted by molar-refractivity contribution is 0.0499. The zero-order chi connectivity index (χ0) is 25.5. The number of alkyl carbamates (subject to hydrolysis) is 1. The van der Waals surface area contributed by atoms with Crippen LogP contribution in [0.1, 0.15) is 45.2 Å². The minimum absolute atomic E-state index is 0.283. The highest BCUT2D eigenvalue weighted by molar-refractivity contribution is 5.68. The predicted molar refractivity (Wildman–Crippen MR) is 135 cm³/mol. The van der Waals surface area contributed by atoms with Crippen molar-refractivity contribution in [3.63, 3.8) is 0 Å². The third-order valence-corrected chi connectivity index (χ3v) is 4.97. The average molecular weight is 488 g/mol. The van der Waals surface area contributed by atoms with E-state index in [1.54, 1.807) is 27.7 Å². The van der Waals surface area contributed by atoms with E-state index >= 15 is 0 Å². The van der Waals surface area contributed by atoms with Gasteiger partial charge in [-0.25, -0.2) is 4.79 Å². The maximum atomic E-state index is 12.0. The maximum absolute atomic E-state index is 12.0. The van der Waals surface area contributed by atoms with E-state index in [1.165, 1.54) is 0 Å². The van der Waals surface area contributed by atoms with E-state index in [0.717, 1.165) is 16.9 Å². The van der Waals surface area contributed by atoms with Crippen LogP contribution in [0, 0.1) is 0 Å². The molecular weight excluding hydrogens is 458 g/mol. The lowest BCUT2D eigenvalue weighted by Crippen LogP contribution is -2.34. The highest BCUT2D eigenvalue weighted by Crippen LogP contribution is 2.27. The number of nitrogens with zero attached hydrogens (tertiary/aromatic N) is 2. The number of aromatic nitrogens is 2. The highest BCUT2D eigenvalue weighted by Gasteiger charge is 2.21. The molecule has 8 nitrogen and oxygen atoms in total. The van der Waals surface area contributed by atoms with Gasteiger partial charge in [0.25, 0.3) is 0 Å². The molecular formula is C28H29N3O5. The van der Waals surface area contributed by atoms with Crippen LogP contribution in [0.15, 0.2) is 83.4 Å². The fourth-order valence-electron chi connectivity index (χ4n) is 3.23. The van der Waals surface area contributed by atoms with Crippen molar-refractivity contribution in [2.24, 2.45) is 0 Å². The molecule has 8 heteroatoms. The van der Waals surface area contributed by atoms with Crippen LogP contribution < -0.4 is 14.8 Å². The molecule has 0 aliphatic carbocycles. The summed E-state index contributed by atoms with van der Waals surface area (Å²) in [5.74, 6) is 2.82. The molecule has 0 aliphatic rings. The van der Waals surface area contributed by atoms with Crippen molar-refractivity contribution in [2.75, 3.05) is 0 Å². The zero-order valence-corrected chi connectivity index (χ0v) is 20.7. The monoisotopic (exact) mass is 487 g/mol. The number of hydrogen-bond donors (Lipinski definition) is 1. The van der Waals surface area contributed by atoms with Gasteiger partial charge in [-0.1, -0.05) is 35.5 Å². The molecule has 3 aromatic carbocycles. The molecule has 4 rings (SSSR count). The summed E-state index contributed by atoms with van der Waals surface area (Å²) >= 11 is 0. The third-order valence-electron chi connectivity index (χ3n) is 4.97. The van der Waals surface area contributed by atoms with Gasteiger partial charge in [-0.3, -0.25) is 0 Å². The Hall–Kier alpha value is -4.33. The third kappa shape index (κ3) is 7.09. The Labute approximate surface area is 210 Å². The summed E-state index contributed by atoms with van der Waals surface area (Å²) in [6.07, 6.45) is -0.549. The first kappa shape index (κ1) is 24.8. The van der Waals surface area contributed by atoms with Gasteiger partial charge in [0.2, 0.25) is 11.7 Å². The smallest absolute Gasteiger partial charge is 0.408 e. The normalized spacial score (nSPS) is 12.0. The number of hydrogen-bond acceptors (Lipinski definition) is 7. The van der Waals surface area contributed by atoms with Gasteiger partial charge in [-0.05, 0) is 81.8 Å². The van der Waals surface area contributed by atoms with Crippen LogP contribution in [0.25, 0.3) is 11.4 Å². The molecule has 1 aromatic heterocycles. The van der Waals surface area contributed by atoms with Crippen LogP contribution >= 0.6 is 0 Å². The number of carbonyl (C=O) groups is 1. The molecule has 0 bridgehead atoms.